The van der Waals surface area contributed by atoms with Crippen molar-refractivity contribution < 1.29 is 9.53 Å². The van der Waals surface area contributed by atoms with Crippen molar-refractivity contribution in [1.82, 2.24) is 5.32 Å². The van der Waals surface area contributed by atoms with Gasteiger partial charge in [-0.3, -0.25) is 4.79 Å². The van der Waals surface area contributed by atoms with E-state index in [0.717, 1.165) is 17.7 Å². The van der Waals surface area contributed by atoms with Crippen molar-refractivity contribution >= 4 is 5.91 Å². The summed E-state index contributed by atoms with van der Waals surface area (Å²) in [6, 6.07) is 7.85. The molecule has 1 atom stereocenters. The Hall–Kier alpha value is -1.51. The fourth-order valence-corrected chi connectivity index (χ4v) is 1.50. The summed E-state index contributed by atoms with van der Waals surface area (Å²) < 4.78 is 5.08. The van der Waals surface area contributed by atoms with Crippen LogP contribution < -0.4 is 10.1 Å². The van der Waals surface area contributed by atoms with E-state index in [1.807, 2.05) is 31.2 Å². The number of hydrogen-bond donors (Lipinski definition) is 1. The lowest BCUT2D eigenvalue weighted by atomic mass is 10.0. The lowest BCUT2D eigenvalue weighted by molar-refractivity contribution is -0.119. The Morgan fingerprint density at radius 1 is 1.40 bits per heavy atom. The molecule has 0 saturated carbocycles. The number of carbonyl (C=O) groups excluding carboxylic acids is 1. The third kappa shape index (κ3) is 3.27. The maximum Gasteiger partial charge on any atom is 0.217 e. The van der Waals surface area contributed by atoms with Crippen LogP contribution in [0.5, 0.6) is 5.75 Å². The van der Waals surface area contributed by atoms with E-state index in [1.54, 1.807) is 7.11 Å². The third-order valence-corrected chi connectivity index (χ3v) is 2.30. The van der Waals surface area contributed by atoms with E-state index in [9.17, 15) is 4.79 Å². The predicted molar refractivity (Wildman–Crippen MR) is 59.8 cm³/mol. The second kappa shape index (κ2) is 5.39. The van der Waals surface area contributed by atoms with Gasteiger partial charge in [0.15, 0.2) is 0 Å². The number of methoxy groups -OCH3 is 1. The molecule has 0 fully saturated rings. The first-order chi connectivity index (χ1) is 7.17. The molecular formula is C12H17NO2. The number of rotatable bonds is 4. The Bertz CT molecular complexity index is 319. The van der Waals surface area contributed by atoms with Crippen LogP contribution in [0.4, 0.5) is 0 Å². The Labute approximate surface area is 90.4 Å². The molecule has 0 bridgehead atoms. The van der Waals surface area contributed by atoms with Gasteiger partial charge in [0, 0.05) is 6.92 Å². The van der Waals surface area contributed by atoms with Crippen LogP contribution >= 0.6 is 0 Å². The van der Waals surface area contributed by atoms with E-state index in [4.69, 9.17) is 4.74 Å². The topological polar surface area (TPSA) is 38.3 Å². The first-order valence-electron chi connectivity index (χ1n) is 5.08. The van der Waals surface area contributed by atoms with Crippen molar-refractivity contribution in [3.05, 3.63) is 29.8 Å². The average molecular weight is 207 g/mol. The zero-order valence-electron chi connectivity index (χ0n) is 9.41. The fourth-order valence-electron chi connectivity index (χ4n) is 1.50. The standard InChI is InChI=1S/C12H17NO2/c1-4-12(13-9(2)14)10-5-7-11(15-3)8-6-10/h5-8,12H,4H2,1-3H3,(H,13,14)/t12-/m1/s1. The van der Waals surface area contributed by atoms with E-state index in [0.29, 0.717) is 0 Å². The van der Waals surface area contributed by atoms with Crippen LogP contribution in [0.2, 0.25) is 0 Å². The van der Waals surface area contributed by atoms with Gasteiger partial charge >= 0.3 is 0 Å². The number of carbonyl (C=O) groups is 1. The molecule has 0 aromatic heterocycles. The molecular weight excluding hydrogens is 190 g/mol. The Morgan fingerprint density at radius 3 is 2.40 bits per heavy atom. The number of amides is 1. The molecule has 0 saturated heterocycles. The molecule has 0 aliphatic rings. The smallest absolute Gasteiger partial charge is 0.217 e. The molecule has 0 heterocycles. The normalized spacial score (nSPS) is 11.9. The molecule has 3 nitrogen and oxygen atoms in total. The van der Waals surface area contributed by atoms with E-state index >= 15 is 0 Å². The minimum atomic E-state index is -0.00216. The van der Waals surface area contributed by atoms with E-state index < -0.39 is 0 Å². The van der Waals surface area contributed by atoms with Crippen LogP contribution in [0.15, 0.2) is 24.3 Å². The zero-order chi connectivity index (χ0) is 11.3. The molecule has 1 amide bonds. The number of benzene rings is 1. The van der Waals surface area contributed by atoms with Crippen LogP contribution in [0.3, 0.4) is 0 Å². The highest BCUT2D eigenvalue weighted by atomic mass is 16.5. The number of hydrogen-bond acceptors (Lipinski definition) is 2. The number of ether oxygens (including phenoxy) is 1. The van der Waals surface area contributed by atoms with Gasteiger partial charge in [-0.2, -0.15) is 0 Å². The molecule has 1 N–H and O–H groups in total. The first-order valence-corrected chi connectivity index (χ1v) is 5.08. The zero-order valence-corrected chi connectivity index (χ0v) is 9.41. The molecule has 82 valence electrons. The summed E-state index contributed by atoms with van der Waals surface area (Å²) in [5, 5.41) is 2.90. The van der Waals surface area contributed by atoms with Crippen LogP contribution in [0.25, 0.3) is 0 Å². The van der Waals surface area contributed by atoms with Crippen LogP contribution in [0, 0.1) is 0 Å². The van der Waals surface area contributed by atoms with Gasteiger partial charge in [-0.25, -0.2) is 0 Å². The number of nitrogens with one attached hydrogen (secondary N) is 1. The van der Waals surface area contributed by atoms with Gasteiger partial charge in [-0.05, 0) is 24.1 Å². The van der Waals surface area contributed by atoms with Gasteiger partial charge in [0.25, 0.3) is 0 Å². The second-order valence-corrected chi connectivity index (χ2v) is 3.43. The average Bonchev–Trinajstić information content (AvgIpc) is 2.26. The molecule has 0 aliphatic carbocycles. The van der Waals surface area contributed by atoms with Crippen LogP contribution in [-0.2, 0) is 4.79 Å². The minimum Gasteiger partial charge on any atom is -0.497 e. The third-order valence-electron chi connectivity index (χ3n) is 2.30. The molecule has 15 heavy (non-hydrogen) atoms. The van der Waals surface area contributed by atoms with Crippen molar-refractivity contribution in [2.45, 2.75) is 26.3 Å². The Morgan fingerprint density at radius 2 is 2.00 bits per heavy atom. The molecule has 0 unspecified atom stereocenters. The summed E-state index contributed by atoms with van der Waals surface area (Å²) in [4.78, 5) is 11.0. The SMILES string of the molecule is CC[C@@H](NC(C)=O)c1ccc(OC)cc1. The van der Waals surface area contributed by atoms with Crippen molar-refractivity contribution in [2.24, 2.45) is 0 Å². The van der Waals surface area contributed by atoms with Gasteiger partial charge in [0.1, 0.15) is 5.75 Å². The summed E-state index contributed by atoms with van der Waals surface area (Å²) >= 11 is 0. The summed E-state index contributed by atoms with van der Waals surface area (Å²) in [6.07, 6.45) is 0.881. The van der Waals surface area contributed by atoms with Gasteiger partial charge in [-0.1, -0.05) is 19.1 Å². The van der Waals surface area contributed by atoms with Crippen molar-refractivity contribution in [3.63, 3.8) is 0 Å². The van der Waals surface area contributed by atoms with Gasteiger partial charge in [0.05, 0.1) is 13.2 Å². The van der Waals surface area contributed by atoms with Gasteiger partial charge < -0.3 is 10.1 Å². The largest absolute Gasteiger partial charge is 0.497 e. The monoisotopic (exact) mass is 207 g/mol. The molecule has 0 spiro atoms. The van der Waals surface area contributed by atoms with E-state index in [-0.39, 0.29) is 11.9 Å². The first kappa shape index (κ1) is 11.6. The van der Waals surface area contributed by atoms with Crippen LogP contribution in [0.1, 0.15) is 31.9 Å². The van der Waals surface area contributed by atoms with Gasteiger partial charge in [0.2, 0.25) is 5.91 Å². The second-order valence-electron chi connectivity index (χ2n) is 3.43. The van der Waals surface area contributed by atoms with E-state index in [2.05, 4.69) is 5.32 Å². The summed E-state index contributed by atoms with van der Waals surface area (Å²) in [6.45, 7) is 3.58. The lowest BCUT2D eigenvalue weighted by Crippen LogP contribution is -2.25. The Kier molecular flexibility index (Phi) is 4.16. The fraction of sp³-hybridized carbons (Fsp3) is 0.417. The van der Waals surface area contributed by atoms with Crippen molar-refractivity contribution in [2.75, 3.05) is 7.11 Å². The van der Waals surface area contributed by atoms with Crippen molar-refractivity contribution in [1.29, 1.82) is 0 Å². The molecule has 1 aromatic carbocycles. The quantitative estimate of drug-likeness (QED) is 0.822. The highest BCUT2D eigenvalue weighted by Crippen LogP contribution is 2.19. The Balaban J connectivity index is 2.78. The molecule has 1 aromatic rings. The minimum absolute atomic E-state index is 0.00216. The van der Waals surface area contributed by atoms with E-state index in [1.165, 1.54) is 6.92 Å². The molecule has 3 heteroatoms. The highest BCUT2D eigenvalue weighted by Gasteiger charge is 2.09. The van der Waals surface area contributed by atoms with Crippen LogP contribution in [-0.4, -0.2) is 13.0 Å². The summed E-state index contributed by atoms with van der Waals surface area (Å²) in [5.74, 6) is 0.828. The molecule has 0 radical (unpaired) electrons. The van der Waals surface area contributed by atoms with Gasteiger partial charge in [-0.15, -0.1) is 0 Å². The summed E-state index contributed by atoms with van der Waals surface area (Å²) in [5.41, 5.74) is 1.11. The molecule has 1 rings (SSSR count). The predicted octanol–water partition coefficient (Wildman–Crippen LogP) is 2.28. The maximum absolute atomic E-state index is 11.0. The maximum atomic E-state index is 11.0. The molecule has 0 aliphatic heterocycles. The van der Waals surface area contributed by atoms with Crippen molar-refractivity contribution in [3.8, 4) is 5.75 Å². The lowest BCUT2D eigenvalue weighted by Gasteiger charge is -2.16. The summed E-state index contributed by atoms with van der Waals surface area (Å²) in [7, 11) is 1.64. The highest BCUT2D eigenvalue weighted by molar-refractivity contribution is 5.73.